The van der Waals surface area contributed by atoms with E-state index in [9.17, 15) is 9.59 Å². The Morgan fingerprint density at radius 3 is 2.76 bits per heavy atom. The number of carboxylic acid groups (broad SMARTS) is 1. The Kier molecular flexibility index (Phi) is 5.38. The first kappa shape index (κ1) is 15.6. The van der Waals surface area contributed by atoms with Crippen LogP contribution in [0.15, 0.2) is 18.3 Å². The second-order valence-corrected chi connectivity index (χ2v) is 5.40. The summed E-state index contributed by atoms with van der Waals surface area (Å²) < 4.78 is 1.99. The Morgan fingerprint density at radius 1 is 1.24 bits per heavy atom. The molecule has 21 heavy (non-hydrogen) atoms. The molecule has 0 saturated carbocycles. The maximum Gasteiger partial charge on any atom is 0.317 e. The lowest BCUT2D eigenvalue weighted by Gasteiger charge is -2.22. The highest BCUT2D eigenvalue weighted by Gasteiger charge is 2.22. The molecule has 1 aliphatic heterocycles. The molecule has 0 atom stereocenters. The van der Waals surface area contributed by atoms with E-state index >= 15 is 0 Å². The lowest BCUT2D eigenvalue weighted by Crippen LogP contribution is -2.37. The molecule has 116 valence electrons. The molecule has 1 fully saturated rings. The van der Waals surface area contributed by atoms with E-state index in [0.29, 0.717) is 19.6 Å². The fraction of sp³-hybridized carbons (Fsp3) is 0.600. The van der Waals surface area contributed by atoms with E-state index in [0.717, 1.165) is 31.6 Å². The molecule has 2 heterocycles. The lowest BCUT2D eigenvalue weighted by molar-refractivity contribution is -0.138. The molecule has 0 bridgehead atoms. The second kappa shape index (κ2) is 7.26. The third-order valence-corrected chi connectivity index (χ3v) is 3.75. The summed E-state index contributed by atoms with van der Waals surface area (Å²) in [5.74, 6) is -0.766. The van der Waals surface area contributed by atoms with E-state index < -0.39 is 5.97 Å². The molecule has 1 aliphatic rings. The summed E-state index contributed by atoms with van der Waals surface area (Å²) in [5.41, 5.74) is 0.725. The van der Waals surface area contributed by atoms with Crippen molar-refractivity contribution in [1.82, 2.24) is 14.4 Å². The number of aromatic nitrogens is 1. The van der Waals surface area contributed by atoms with E-state index in [1.54, 1.807) is 0 Å². The van der Waals surface area contributed by atoms with Gasteiger partial charge in [0.25, 0.3) is 5.91 Å². The zero-order chi connectivity index (χ0) is 15.2. The van der Waals surface area contributed by atoms with Crippen molar-refractivity contribution in [3.63, 3.8) is 0 Å². The first-order valence-electron chi connectivity index (χ1n) is 7.50. The van der Waals surface area contributed by atoms with Crippen LogP contribution in [0, 0.1) is 0 Å². The molecule has 1 saturated heterocycles. The van der Waals surface area contributed by atoms with Crippen LogP contribution in [0.3, 0.4) is 0 Å². The molecule has 2 rings (SSSR count). The van der Waals surface area contributed by atoms with Crippen LogP contribution in [0.2, 0.25) is 0 Å². The van der Waals surface area contributed by atoms with Gasteiger partial charge in [-0.05, 0) is 25.0 Å². The van der Waals surface area contributed by atoms with Crippen molar-refractivity contribution < 1.29 is 14.7 Å². The Labute approximate surface area is 124 Å². The van der Waals surface area contributed by atoms with E-state index in [2.05, 4.69) is 6.92 Å². The fourth-order valence-electron chi connectivity index (χ4n) is 2.73. The lowest BCUT2D eigenvalue weighted by atomic mass is 10.3. The van der Waals surface area contributed by atoms with Crippen molar-refractivity contribution in [2.75, 3.05) is 32.7 Å². The monoisotopic (exact) mass is 293 g/mol. The van der Waals surface area contributed by atoms with E-state index in [1.807, 2.05) is 32.7 Å². The summed E-state index contributed by atoms with van der Waals surface area (Å²) in [4.78, 5) is 27.1. The van der Waals surface area contributed by atoms with Crippen LogP contribution >= 0.6 is 0 Å². The van der Waals surface area contributed by atoms with Gasteiger partial charge in [-0.1, -0.05) is 6.92 Å². The van der Waals surface area contributed by atoms with E-state index in [-0.39, 0.29) is 12.5 Å². The average Bonchev–Trinajstić information content (AvgIpc) is 2.77. The Morgan fingerprint density at radius 2 is 2.05 bits per heavy atom. The number of carbonyl (C=O) groups excluding carboxylic acids is 1. The summed E-state index contributed by atoms with van der Waals surface area (Å²) in [5, 5.41) is 8.85. The molecule has 0 aromatic carbocycles. The summed E-state index contributed by atoms with van der Waals surface area (Å²) in [6.07, 6.45) is 3.74. The molecule has 0 unspecified atom stereocenters. The summed E-state index contributed by atoms with van der Waals surface area (Å²) >= 11 is 0. The van der Waals surface area contributed by atoms with Gasteiger partial charge >= 0.3 is 5.97 Å². The predicted molar refractivity (Wildman–Crippen MR) is 79.3 cm³/mol. The van der Waals surface area contributed by atoms with Crippen molar-refractivity contribution >= 4 is 11.9 Å². The Bertz CT molecular complexity index is 498. The highest BCUT2D eigenvalue weighted by atomic mass is 16.4. The molecule has 0 aliphatic carbocycles. The number of aryl methyl sites for hydroxylation is 1. The standard InChI is InChI=1S/C15H23N3O3/c1-2-6-17-8-3-5-13(17)15(21)18-9-4-7-16(10-11-18)12-14(19)20/h3,5,8H,2,4,6-7,9-12H2,1H3,(H,19,20). The van der Waals surface area contributed by atoms with Gasteiger partial charge in [0.2, 0.25) is 0 Å². The molecule has 6 nitrogen and oxygen atoms in total. The van der Waals surface area contributed by atoms with Crippen LogP contribution < -0.4 is 0 Å². The molecule has 6 heteroatoms. The van der Waals surface area contributed by atoms with Crippen molar-refractivity contribution in [3.05, 3.63) is 24.0 Å². The number of amides is 1. The zero-order valence-corrected chi connectivity index (χ0v) is 12.5. The van der Waals surface area contributed by atoms with Gasteiger partial charge in [-0.15, -0.1) is 0 Å². The zero-order valence-electron chi connectivity index (χ0n) is 12.5. The SMILES string of the molecule is CCCn1cccc1C(=O)N1CCCN(CC(=O)O)CC1. The molecule has 1 amide bonds. The summed E-state index contributed by atoms with van der Waals surface area (Å²) in [6, 6.07) is 3.76. The quantitative estimate of drug-likeness (QED) is 0.884. The molecule has 0 spiro atoms. The molecule has 1 aromatic heterocycles. The number of nitrogens with zero attached hydrogens (tertiary/aromatic N) is 3. The molecular formula is C15H23N3O3. The molecule has 1 N–H and O–H groups in total. The van der Waals surface area contributed by atoms with Crippen LogP contribution in [-0.2, 0) is 11.3 Å². The molecular weight excluding hydrogens is 270 g/mol. The van der Waals surface area contributed by atoms with Gasteiger partial charge in [0.05, 0.1) is 6.54 Å². The highest BCUT2D eigenvalue weighted by molar-refractivity contribution is 5.92. The van der Waals surface area contributed by atoms with Crippen LogP contribution in [0.5, 0.6) is 0 Å². The van der Waals surface area contributed by atoms with Gasteiger partial charge < -0.3 is 14.6 Å². The van der Waals surface area contributed by atoms with Gasteiger partial charge in [-0.25, -0.2) is 0 Å². The number of carbonyl (C=O) groups is 2. The summed E-state index contributed by atoms with van der Waals surface area (Å²) in [6.45, 7) is 5.60. The summed E-state index contributed by atoms with van der Waals surface area (Å²) in [7, 11) is 0. The smallest absolute Gasteiger partial charge is 0.317 e. The fourth-order valence-corrected chi connectivity index (χ4v) is 2.73. The van der Waals surface area contributed by atoms with Crippen molar-refractivity contribution in [3.8, 4) is 0 Å². The second-order valence-electron chi connectivity index (χ2n) is 5.40. The maximum absolute atomic E-state index is 12.6. The van der Waals surface area contributed by atoms with Crippen LogP contribution in [0.25, 0.3) is 0 Å². The predicted octanol–water partition coefficient (Wildman–Crippen LogP) is 1.13. The average molecular weight is 293 g/mol. The third kappa shape index (κ3) is 4.07. The first-order valence-corrected chi connectivity index (χ1v) is 7.50. The van der Waals surface area contributed by atoms with Gasteiger partial charge in [-0.3, -0.25) is 14.5 Å². The van der Waals surface area contributed by atoms with Crippen molar-refractivity contribution in [1.29, 1.82) is 0 Å². The number of hydrogen-bond acceptors (Lipinski definition) is 3. The first-order chi connectivity index (χ1) is 10.1. The van der Waals surface area contributed by atoms with E-state index in [4.69, 9.17) is 5.11 Å². The van der Waals surface area contributed by atoms with Gasteiger partial charge in [0.1, 0.15) is 5.69 Å². The van der Waals surface area contributed by atoms with Crippen molar-refractivity contribution in [2.45, 2.75) is 26.3 Å². The van der Waals surface area contributed by atoms with Gasteiger partial charge in [0.15, 0.2) is 0 Å². The van der Waals surface area contributed by atoms with Crippen LogP contribution in [0.4, 0.5) is 0 Å². The van der Waals surface area contributed by atoms with Crippen LogP contribution in [-0.4, -0.2) is 64.1 Å². The van der Waals surface area contributed by atoms with Crippen molar-refractivity contribution in [2.24, 2.45) is 0 Å². The van der Waals surface area contributed by atoms with Crippen LogP contribution in [0.1, 0.15) is 30.3 Å². The normalized spacial score (nSPS) is 16.7. The topological polar surface area (TPSA) is 65.8 Å². The van der Waals surface area contributed by atoms with Gasteiger partial charge in [-0.2, -0.15) is 0 Å². The largest absolute Gasteiger partial charge is 0.480 e. The maximum atomic E-state index is 12.6. The van der Waals surface area contributed by atoms with E-state index in [1.165, 1.54) is 0 Å². The molecule has 1 aromatic rings. The Hall–Kier alpha value is -1.82. The number of aliphatic carboxylic acids is 1. The minimum absolute atomic E-state index is 0.0469. The number of carboxylic acids is 1. The number of hydrogen-bond donors (Lipinski definition) is 1. The minimum atomic E-state index is -0.813. The minimum Gasteiger partial charge on any atom is -0.480 e. The molecule has 0 radical (unpaired) electrons. The highest BCUT2D eigenvalue weighted by Crippen LogP contribution is 2.11. The number of rotatable bonds is 5. The third-order valence-electron chi connectivity index (χ3n) is 3.75. The van der Waals surface area contributed by atoms with Gasteiger partial charge in [0, 0.05) is 38.9 Å². The Balaban J connectivity index is 1.99.